The van der Waals surface area contributed by atoms with E-state index in [1.165, 1.54) is 67.4 Å². The molecule has 2 aliphatic heterocycles. The van der Waals surface area contributed by atoms with Crippen molar-refractivity contribution in [2.75, 3.05) is 13.2 Å². The van der Waals surface area contributed by atoms with Gasteiger partial charge in [0.15, 0.2) is 13.2 Å². The molecule has 2 N–H and O–H groups in total. The minimum atomic E-state index is -1.22. The molecular formula is C40H26Cl4O8S6. The van der Waals surface area contributed by atoms with Crippen LogP contribution in [-0.4, -0.2) is 46.9 Å². The van der Waals surface area contributed by atoms with E-state index < -0.39 is 36.7 Å². The molecule has 0 fully saturated rings. The second-order valence-corrected chi connectivity index (χ2v) is 20.1. The Balaban J connectivity index is 1.45. The number of ketones is 2. The molecule has 0 aliphatic carbocycles. The Labute approximate surface area is 376 Å². The van der Waals surface area contributed by atoms with Crippen molar-refractivity contribution < 1.29 is 38.9 Å². The van der Waals surface area contributed by atoms with Gasteiger partial charge in [-0.05, 0) is 94.1 Å². The maximum atomic E-state index is 14.6. The fourth-order valence-electron chi connectivity index (χ4n) is 5.29. The Hall–Kier alpha value is -3.02. The van der Waals surface area contributed by atoms with Gasteiger partial charge in [-0.3, -0.25) is 9.59 Å². The van der Waals surface area contributed by atoms with Crippen LogP contribution in [0.15, 0.2) is 105 Å². The predicted octanol–water partition coefficient (Wildman–Crippen LogP) is 13.6. The number of hydrogen-bond acceptors (Lipinski definition) is 12. The molecule has 0 bridgehead atoms. The van der Waals surface area contributed by atoms with Gasteiger partial charge >= 0.3 is 11.9 Å². The van der Waals surface area contributed by atoms with Crippen molar-refractivity contribution in [3.05, 3.63) is 158 Å². The molecule has 18 heteroatoms. The van der Waals surface area contributed by atoms with Crippen molar-refractivity contribution in [3.8, 4) is 11.5 Å². The summed E-state index contributed by atoms with van der Waals surface area (Å²) in [5, 5.41) is 17.7. The zero-order chi connectivity index (χ0) is 41.7. The average Bonchev–Trinajstić information content (AvgIpc) is 3.88. The van der Waals surface area contributed by atoms with Gasteiger partial charge in [0, 0.05) is 30.7 Å². The van der Waals surface area contributed by atoms with Gasteiger partial charge < -0.3 is 19.7 Å². The van der Waals surface area contributed by atoms with E-state index in [2.05, 4.69) is 0 Å². The van der Waals surface area contributed by atoms with E-state index >= 15 is 0 Å². The van der Waals surface area contributed by atoms with Crippen LogP contribution in [0, 0.1) is 13.8 Å². The van der Waals surface area contributed by atoms with Crippen molar-refractivity contribution in [3.63, 3.8) is 0 Å². The third-order valence-corrected chi connectivity index (χ3v) is 17.5. The molecule has 0 radical (unpaired) electrons. The summed E-state index contributed by atoms with van der Waals surface area (Å²) in [4.78, 5) is 55.1. The largest absolute Gasteiger partial charge is 0.480 e. The number of aryl methyl sites for hydroxylation is 2. The number of halogens is 4. The van der Waals surface area contributed by atoms with Crippen LogP contribution >= 0.6 is 111 Å². The molecular weight excluding hydrogens is 943 g/mol. The molecule has 4 aromatic rings. The summed E-state index contributed by atoms with van der Waals surface area (Å²) in [6.07, 6.45) is 3.82. The molecule has 0 saturated carbocycles. The zero-order valence-corrected chi connectivity index (χ0v) is 37.7. The lowest BCUT2D eigenvalue weighted by molar-refractivity contribution is -0.140. The maximum Gasteiger partial charge on any atom is 0.341 e. The first-order chi connectivity index (χ1) is 27.7. The Kier molecular flexibility index (Phi) is 15.4. The van der Waals surface area contributed by atoms with Gasteiger partial charge in [0.1, 0.15) is 21.5 Å². The standard InChI is InChI=1S/C40H26Cl4O8S6/c1-19-7-3-5-9-21(19)27-15-29(55-53-27)39(37(49)23-11-13-25(35(43)33(23)41)51-17-31(45)46)57-58-40(30-16-28(54-56-30)22-10-6-4-8-20(22)2)38(50)24-12-14-26(36(44)34(24)42)52-18-32(47)48/h3-16H,17-18H2,1-2H3,(H,45,46)(H,47,48)/b39-29-,40-30+. The average molecular weight is 969 g/mol. The van der Waals surface area contributed by atoms with E-state index in [0.29, 0.717) is 9.81 Å². The summed E-state index contributed by atoms with van der Waals surface area (Å²) < 4.78 is 10.6. The smallest absolute Gasteiger partial charge is 0.341 e. The van der Waals surface area contributed by atoms with E-state index in [1.54, 1.807) is 0 Å². The van der Waals surface area contributed by atoms with Crippen molar-refractivity contribution in [2.45, 2.75) is 13.8 Å². The second kappa shape index (κ2) is 20.0. The van der Waals surface area contributed by atoms with Gasteiger partial charge in [0.2, 0.25) is 11.6 Å². The molecule has 0 aromatic heterocycles. The number of carbonyl (C=O) groups is 4. The topological polar surface area (TPSA) is 127 Å². The number of rotatable bonds is 15. The van der Waals surface area contributed by atoms with Crippen LogP contribution in [0.5, 0.6) is 11.5 Å². The van der Waals surface area contributed by atoms with Crippen molar-refractivity contribution in [2.24, 2.45) is 0 Å². The molecule has 2 aliphatic rings. The number of ether oxygens (including phenoxy) is 2. The molecule has 4 aromatic carbocycles. The molecule has 0 saturated heterocycles. The van der Waals surface area contributed by atoms with Crippen LogP contribution in [0.1, 0.15) is 43.0 Å². The predicted molar refractivity (Wildman–Crippen MR) is 246 cm³/mol. The number of carbonyl (C=O) groups excluding carboxylic acids is 2. The maximum absolute atomic E-state index is 14.6. The van der Waals surface area contributed by atoms with Crippen molar-refractivity contribution in [1.82, 2.24) is 0 Å². The lowest BCUT2D eigenvalue weighted by Crippen LogP contribution is -2.10. The summed E-state index contributed by atoms with van der Waals surface area (Å²) in [5.74, 6) is -3.44. The number of benzene rings is 4. The lowest BCUT2D eigenvalue weighted by Gasteiger charge is -2.15. The lowest BCUT2D eigenvalue weighted by atomic mass is 10.1. The molecule has 298 valence electrons. The van der Waals surface area contributed by atoms with Crippen LogP contribution in [0.2, 0.25) is 20.1 Å². The van der Waals surface area contributed by atoms with Crippen molar-refractivity contribution in [1.29, 1.82) is 0 Å². The zero-order valence-electron chi connectivity index (χ0n) is 29.8. The molecule has 0 atom stereocenters. The number of Topliss-reactive ketones (excluding diaryl/α,β-unsaturated/α-hetero) is 2. The van der Waals surface area contributed by atoms with Gasteiger partial charge in [0.25, 0.3) is 0 Å². The van der Waals surface area contributed by atoms with Gasteiger partial charge in [0.05, 0.1) is 19.9 Å². The van der Waals surface area contributed by atoms with Crippen LogP contribution in [0.25, 0.3) is 9.81 Å². The quantitative estimate of drug-likeness (QED) is 0.0666. The number of carboxylic acids is 2. The molecule has 2 heterocycles. The Morgan fingerprint density at radius 3 is 1.29 bits per heavy atom. The monoisotopic (exact) mass is 966 g/mol. The van der Waals surface area contributed by atoms with E-state index in [-0.39, 0.29) is 52.5 Å². The number of carboxylic acid groups (broad SMARTS) is 2. The number of hydrogen-bond donors (Lipinski definition) is 2. The Morgan fingerprint density at radius 1 is 0.552 bits per heavy atom. The third-order valence-electron chi connectivity index (χ3n) is 8.14. The van der Waals surface area contributed by atoms with Gasteiger partial charge in [-0.25, -0.2) is 9.59 Å². The summed E-state index contributed by atoms with van der Waals surface area (Å²) >= 11 is 26.4. The van der Waals surface area contributed by atoms with Crippen LogP contribution in [0.4, 0.5) is 0 Å². The molecule has 58 heavy (non-hydrogen) atoms. The van der Waals surface area contributed by atoms with E-state index in [0.717, 1.165) is 53.7 Å². The van der Waals surface area contributed by atoms with Gasteiger partial charge in [-0.2, -0.15) is 0 Å². The molecule has 0 amide bonds. The highest BCUT2D eigenvalue weighted by Crippen LogP contribution is 2.58. The molecule has 8 nitrogen and oxygen atoms in total. The van der Waals surface area contributed by atoms with Crippen LogP contribution in [-0.2, 0) is 9.59 Å². The molecule has 6 rings (SSSR count). The highest BCUT2D eigenvalue weighted by atomic mass is 35.5. The fourth-order valence-corrected chi connectivity index (χ4v) is 14.5. The Morgan fingerprint density at radius 2 is 0.931 bits per heavy atom. The SMILES string of the molecule is Cc1ccccc1C1=C/C(=C(/SS/C(C(=O)c2ccc(OCC(=O)O)c(Cl)c2Cl)=C2\C=C(c3ccccc3C)SS2)C(=O)c2ccc(OCC(=O)O)c(Cl)c2Cl)SS1. The van der Waals surface area contributed by atoms with E-state index in [4.69, 9.17) is 66.1 Å². The number of allylic oxidation sites excluding steroid dienone is 4. The number of aliphatic carboxylic acids is 2. The van der Waals surface area contributed by atoms with Crippen LogP contribution in [0.3, 0.4) is 0 Å². The van der Waals surface area contributed by atoms with Gasteiger partial charge in [-0.15, -0.1) is 0 Å². The summed E-state index contributed by atoms with van der Waals surface area (Å²) in [6.45, 7) is 2.66. The fraction of sp³-hybridized carbons (Fsp3) is 0.100. The molecule has 0 unspecified atom stereocenters. The van der Waals surface area contributed by atoms with Gasteiger partial charge in [-0.1, -0.05) is 138 Å². The summed E-state index contributed by atoms with van der Waals surface area (Å²) in [6, 6.07) is 21.3. The minimum Gasteiger partial charge on any atom is -0.480 e. The summed E-state index contributed by atoms with van der Waals surface area (Å²) in [5.41, 5.74) is 4.15. The highest BCUT2D eigenvalue weighted by Gasteiger charge is 2.31. The normalized spacial score (nSPS) is 15.4. The third kappa shape index (κ3) is 10.3. The van der Waals surface area contributed by atoms with E-state index in [9.17, 15) is 19.2 Å². The first kappa shape index (κ1) is 44.5. The molecule has 0 spiro atoms. The second-order valence-electron chi connectivity index (χ2n) is 12.0. The minimum absolute atomic E-state index is 0.00563. The first-order valence-corrected chi connectivity index (χ1v) is 24.5. The Bertz CT molecular complexity index is 2330. The van der Waals surface area contributed by atoms with Crippen LogP contribution < -0.4 is 9.47 Å². The van der Waals surface area contributed by atoms with Crippen molar-refractivity contribution >= 4 is 144 Å². The van der Waals surface area contributed by atoms with E-state index in [1.807, 2.05) is 74.5 Å². The first-order valence-electron chi connectivity index (χ1n) is 16.6. The highest BCUT2D eigenvalue weighted by molar-refractivity contribution is 8.83. The summed E-state index contributed by atoms with van der Waals surface area (Å²) in [7, 11) is 7.84.